The predicted molar refractivity (Wildman–Crippen MR) is 92.4 cm³/mol. The van der Waals surface area contributed by atoms with Crippen molar-refractivity contribution in [3.8, 4) is 0 Å². The molecule has 0 saturated heterocycles. The number of guanidine groups is 1. The Morgan fingerprint density at radius 2 is 2.00 bits per heavy atom. The molecule has 1 aliphatic rings. The van der Waals surface area contributed by atoms with E-state index < -0.39 is 0 Å². The van der Waals surface area contributed by atoms with E-state index in [0.29, 0.717) is 6.04 Å². The fourth-order valence-electron chi connectivity index (χ4n) is 3.22. The van der Waals surface area contributed by atoms with Gasteiger partial charge in [-0.25, -0.2) is 0 Å². The molecule has 5 nitrogen and oxygen atoms in total. The Bertz CT molecular complexity index is 497. The lowest BCUT2D eigenvalue weighted by Gasteiger charge is -2.24. The Hall–Kier alpha value is -1.52. The summed E-state index contributed by atoms with van der Waals surface area (Å²) in [6, 6.07) is 0.591. The molecule has 1 heterocycles. The Balaban J connectivity index is 1.91. The lowest BCUT2D eigenvalue weighted by molar-refractivity contribution is 0.410. The average Bonchev–Trinajstić information content (AvgIpc) is 2.74. The van der Waals surface area contributed by atoms with Gasteiger partial charge in [0.05, 0.1) is 5.69 Å². The number of rotatable bonds is 5. The van der Waals surface area contributed by atoms with Gasteiger partial charge in [0.1, 0.15) is 0 Å². The van der Waals surface area contributed by atoms with Gasteiger partial charge in [0.2, 0.25) is 0 Å². The average molecular weight is 305 g/mol. The minimum absolute atomic E-state index is 0.591. The fourth-order valence-corrected chi connectivity index (χ4v) is 3.22. The molecule has 0 atom stereocenters. The fraction of sp³-hybridized carbons (Fsp3) is 0.765. The van der Waals surface area contributed by atoms with Crippen molar-refractivity contribution < 1.29 is 0 Å². The van der Waals surface area contributed by atoms with E-state index >= 15 is 0 Å². The second kappa shape index (κ2) is 8.20. The molecule has 0 aliphatic heterocycles. The molecule has 0 spiro atoms. The second-order valence-electron chi connectivity index (χ2n) is 6.26. The van der Waals surface area contributed by atoms with Gasteiger partial charge in [-0.05, 0) is 45.6 Å². The summed E-state index contributed by atoms with van der Waals surface area (Å²) < 4.78 is 1.96. The first-order valence-electron chi connectivity index (χ1n) is 8.65. The van der Waals surface area contributed by atoms with Crippen LogP contribution in [0.4, 0.5) is 0 Å². The van der Waals surface area contributed by atoms with E-state index in [1.54, 1.807) is 0 Å². The van der Waals surface area contributed by atoms with Crippen molar-refractivity contribution in [3.63, 3.8) is 0 Å². The maximum atomic E-state index is 4.75. The summed E-state index contributed by atoms with van der Waals surface area (Å²) in [6.07, 6.45) is 7.55. The van der Waals surface area contributed by atoms with Crippen molar-refractivity contribution in [2.45, 2.75) is 65.3 Å². The third-order valence-electron chi connectivity index (χ3n) is 4.58. The summed E-state index contributed by atoms with van der Waals surface area (Å²) in [6.45, 7) is 8.04. The van der Waals surface area contributed by atoms with Crippen molar-refractivity contribution >= 4 is 5.96 Å². The van der Waals surface area contributed by atoms with Gasteiger partial charge in [0.25, 0.3) is 0 Å². The third kappa shape index (κ3) is 4.49. The molecule has 1 fully saturated rings. The van der Waals surface area contributed by atoms with Crippen LogP contribution >= 0.6 is 0 Å². The Morgan fingerprint density at radius 3 is 2.59 bits per heavy atom. The maximum absolute atomic E-state index is 4.75. The first kappa shape index (κ1) is 16.8. The molecule has 22 heavy (non-hydrogen) atoms. The van der Waals surface area contributed by atoms with Crippen LogP contribution in [-0.2, 0) is 13.5 Å². The summed E-state index contributed by atoms with van der Waals surface area (Å²) in [5, 5.41) is 11.4. The first-order valence-corrected chi connectivity index (χ1v) is 8.65. The monoisotopic (exact) mass is 305 g/mol. The highest BCUT2D eigenvalue weighted by molar-refractivity contribution is 5.80. The molecule has 0 unspecified atom stereocenters. The molecule has 1 aliphatic carbocycles. The number of aromatic nitrogens is 2. The van der Waals surface area contributed by atoms with Crippen LogP contribution in [0.2, 0.25) is 0 Å². The largest absolute Gasteiger partial charge is 0.357 e. The zero-order valence-electron chi connectivity index (χ0n) is 14.6. The normalized spacial score (nSPS) is 16.8. The van der Waals surface area contributed by atoms with E-state index in [4.69, 9.17) is 4.99 Å². The van der Waals surface area contributed by atoms with Gasteiger partial charge in [-0.1, -0.05) is 19.3 Å². The minimum Gasteiger partial charge on any atom is -0.357 e. The van der Waals surface area contributed by atoms with Crippen LogP contribution in [0.15, 0.2) is 4.99 Å². The highest BCUT2D eigenvalue weighted by atomic mass is 15.3. The van der Waals surface area contributed by atoms with Gasteiger partial charge in [0.15, 0.2) is 5.96 Å². The second-order valence-corrected chi connectivity index (χ2v) is 6.26. The predicted octanol–water partition coefficient (Wildman–Crippen LogP) is 2.47. The Labute approximate surface area is 134 Å². The van der Waals surface area contributed by atoms with E-state index in [1.165, 1.54) is 43.4 Å². The summed E-state index contributed by atoms with van der Waals surface area (Å²) in [7, 11) is 2.00. The van der Waals surface area contributed by atoms with Gasteiger partial charge in [-0.15, -0.1) is 0 Å². The van der Waals surface area contributed by atoms with Crippen LogP contribution in [-0.4, -0.2) is 34.9 Å². The van der Waals surface area contributed by atoms with E-state index in [1.807, 2.05) is 11.7 Å². The van der Waals surface area contributed by atoms with Gasteiger partial charge in [0, 0.05) is 31.9 Å². The minimum atomic E-state index is 0.591. The number of hydrogen-bond acceptors (Lipinski definition) is 2. The van der Waals surface area contributed by atoms with Crippen LogP contribution in [0.25, 0.3) is 0 Å². The smallest absolute Gasteiger partial charge is 0.191 e. The van der Waals surface area contributed by atoms with Gasteiger partial charge >= 0.3 is 0 Å². The lowest BCUT2D eigenvalue weighted by atomic mass is 9.96. The number of nitrogens with zero attached hydrogens (tertiary/aromatic N) is 3. The number of nitrogens with one attached hydrogen (secondary N) is 2. The molecule has 0 aromatic carbocycles. The lowest BCUT2D eigenvalue weighted by Crippen LogP contribution is -2.44. The van der Waals surface area contributed by atoms with Gasteiger partial charge in [-0.2, -0.15) is 5.10 Å². The molecule has 0 bridgehead atoms. The molecule has 2 N–H and O–H groups in total. The molecule has 1 saturated carbocycles. The Kier molecular flexibility index (Phi) is 6.28. The maximum Gasteiger partial charge on any atom is 0.191 e. The highest BCUT2D eigenvalue weighted by Crippen LogP contribution is 2.17. The van der Waals surface area contributed by atoms with Gasteiger partial charge in [-0.3, -0.25) is 9.67 Å². The summed E-state index contributed by atoms with van der Waals surface area (Å²) in [5.74, 6) is 0.966. The third-order valence-corrected chi connectivity index (χ3v) is 4.58. The highest BCUT2D eigenvalue weighted by Gasteiger charge is 2.14. The van der Waals surface area contributed by atoms with Crippen molar-refractivity contribution in [1.82, 2.24) is 20.4 Å². The van der Waals surface area contributed by atoms with Crippen LogP contribution in [0.3, 0.4) is 0 Å². The molecule has 2 rings (SSSR count). The first-order chi connectivity index (χ1) is 10.6. The molecule has 5 heteroatoms. The molecule has 0 radical (unpaired) electrons. The van der Waals surface area contributed by atoms with Crippen LogP contribution in [0.1, 0.15) is 56.0 Å². The van der Waals surface area contributed by atoms with E-state index in [2.05, 4.69) is 36.5 Å². The van der Waals surface area contributed by atoms with Crippen LogP contribution < -0.4 is 10.6 Å². The molecule has 0 amide bonds. The van der Waals surface area contributed by atoms with E-state index in [9.17, 15) is 0 Å². The number of hydrogen-bond donors (Lipinski definition) is 2. The van der Waals surface area contributed by atoms with Gasteiger partial charge < -0.3 is 10.6 Å². The topological polar surface area (TPSA) is 54.2 Å². The summed E-state index contributed by atoms with van der Waals surface area (Å²) in [5.41, 5.74) is 3.71. The number of aliphatic imine (C=N–C) groups is 1. The standard InChI is InChI=1S/C17H31N5/c1-5-18-17(20-15-9-7-6-8-10-15)19-12-11-16-13(2)21-22(4)14(16)3/h15H,5-12H2,1-4H3,(H2,18,19,20). The number of aryl methyl sites for hydroxylation is 2. The summed E-state index contributed by atoms with van der Waals surface area (Å²) >= 11 is 0. The van der Waals surface area contributed by atoms with E-state index in [-0.39, 0.29) is 0 Å². The van der Waals surface area contributed by atoms with E-state index in [0.717, 1.165) is 31.2 Å². The quantitative estimate of drug-likeness (QED) is 0.649. The zero-order chi connectivity index (χ0) is 15.9. The van der Waals surface area contributed by atoms with Crippen LogP contribution in [0, 0.1) is 13.8 Å². The zero-order valence-corrected chi connectivity index (χ0v) is 14.6. The molecular formula is C17H31N5. The van der Waals surface area contributed by atoms with Crippen molar-refractivity contribution in [2.24, 2.45) is 12.0 Å². The molecule has 124 valence electrons. The van der Waals surface area contributed by atoms with Crippen LogP contribution in [0.5, 0.6) is 0 Å². The summed E-state index contributed by atoms with van der Waals surface area (Å²) in [4.78, 5) is 4.75. The molecule has 1 aromatic rings. The molecule has 1 aromatic heterocycles. The molecular weight excluding hydrogens is 274 g/mol. The Morgan fingerprint density at radius 1 is 1.27 bits per heavy atom. The van der Waals surface area contributed by atoms with Crippen molar-refractivity contribution in [2.75, 3.05) is 13.1 Å². The van der Waals surface area contributed by atoms with Crippen molar-refractivity contribution in [1.29, 1.82) is 0 Å². The van der Waals surface area contributed by atoms with Crippen molar-refractivity contribution in [3.05, 3.63) is 17.0 Å². The SMILES string of the molecule is CCNC(=NCCc1c(C)nn(C)c1C)NC1CCCCC1.